The molecule has 1 saturated carbocycles. The third-order valence-corrected chi connectivity index (χ3v) is 6.34. The van der Waals surface area contributed by atoms with E-state index >= 15 is 0 Å². The smallest absolute Gasteiger partial charge is 0.151 e. The van der Waals surface area contributed by atoms with Crippen molar-refractivity contribution in [2.24, 2.45) is 11.7 Å². The lowest BCUT2D eigenvalue weighted by Gasteiger charge is -2.46. The molecule has 0 saturated heterocycles. The van der Waals surface area contributed by atoms with Gasteiger partial charge in [0, 0.05) is 24.4 Å². The maximum Gasteiger partial charge on any atom is 0.151 e. The Bertz CT molecular complexity index is 370. The van der Waals surface area contributed by atoms with Crippen LogP contribution in [0.5, 0.6) is 0 Å². The molecule has 0 aromatic carbocycles. The molecule has 1 rings (SSSR count). The molecule has 0 heterocycles. The fraction of sp³-hybridized carbons (Fsp3) is 1.00. The summed E-state index contributed by atoms with van der Waals surface area (Å²) in [6.45, 7) is 5.41. The van der Waals surface area contributed by atoms with Crippen molar-refractivity contribution in [2.45, 2.75) is 51.5 Å². The molecule has 4 nitrogen and oxygen atoms in total. The summed E-state index contributed by atoms with van der Waals surface area (Å²) in [6, 6.07) is 0. The summed E-state index contributed by atoms with van der Waals surface area (Å²) in [5, 5.41) is 0. The Labute approximate surface area is 118 Å². The van der Waals surface area contributed by atoms with Crippen LogP contribution in [0.4, 0.5) is 0 Å². The van der Waals surface area contributed by atoms with Gasteiger partial charge in [0.15, 0.2) is 9.84 Å². The lowest BCUT2D eigenvalue weighted by Crippen LogP contribution is -2.55. The van der Waals surface area contributed by atoms with Crippen molar-refractivity contribution in [3.8, 4) is 0 Å². The molecule has 0 spiro atoms. The van der Waals surface area contributed by atoms with Crippen LogP contribution in [0.1, 0.15) is 46.0 Å². The fourth-order valence-electron chi connectivity index (χ4n) is 3.25. The molecule has 1 aliphatic rings. The van der Waals surface area contributed by atoms with E-state index in [2.05, 4.69) is 11.8 Å². The van der Waals surface area contributed by atoms with Crippen molar-refractivity contribution >= 4 is 9.84 Å². The molecule has 114 valence electrons. The number of nitrogens with zero attached hydrogens (tertiary/aromatic N) is 1. The van der Waals surface area contributed by atoms with Gasteiger partial charge in [0.1, 0.15) is 0 Å². The summed E-state index contributed by atoms with van der Waals surface area (Å²) < 4.78 is 23.6. The first-order valence-electron chi connectivity index (χ1n) is 7.47. The fourth-order valence-corrected chi connectivity index (χ4v) is 4.62. The molecule has 0 aromatic rings. The molecule has 5 heteroatoms. The molecule has 19 heavy (non-hydrogen) atoms. The van der Waals surface area contributed by atoms with E-state index < -0.39 is 9.84 Å². The molecule has 0 amide bonds. The Morgan fingerprint density at radius 3 is 2.58 bits per heavy atom. The van der Waals surface area contributed by atoms with Gasteiger partial charge in [-0.15, -0.1) is 0 Å². The number of nitrogens with two attached hydrogens (primary N) is 1. The van der Waals surface area contributed by atoms with E-state index in [1.54, 1.807) is 0 Å². The highest BCUT2D eigenvalue weighted by molar-refractivity contribution is 7.91. The van der Waals surface area contributed by atoms with Crippen molar-refractivity contribution in [3.05, 3.63) is 0 Å². The summed E-state index contributed by atoms with van der Waals surface area (Å²) in [5.41, 5.74) is 6.02. The number of hydrogen-bond donors (Lipinski definition) is 1. The molecule has 0 radical (unpaired) electrons. The van der Waals surface area contributed by atoms with Gasteiger partial charge in [-0.2, -0.15) is 0 Å². The van der Waals surface area contributed by atoms with E-state index in [4.69, 9.17) is 5.73 Å². The summed E-state index contributed by atoms with van der Waals surface area (Å²) >= 11 is 0. The minimum Gasteiger partial charge on any atom is -0.329 e. The minimum atomic E-state index is -2.90. The Morgan fingerprint density at radius 1 is 1.37 bits per heavy atom. The van der Waals surface area contributed by atoms with Crippen molar-refractivity contribution in [2.75, 3.05) is 31.6 Å². The van der Waals surface area contributed by atoms with E-state index in [0.717, 1.165) is 12.8 Å². The molecule has 0 aromatic heterocycles. The SMILES string of the molecule is CCCS(=O)(=O)CCN(C)C1(CN)CCCC(C)C1. The zero-order chi connectivity index (χ0) is 14.5. The molecular weight excluding hydrogens is 260 g/mol. The highest BCUT2D eigenvalue weighted by Gasteiger charge is 2.37. The minimum absolute atomic E-state index is 0.0133. The normalized spacial score (nSPS) is 28.8. The largest absolute Gasteiger partial charge is 0.329 e. The summed E-state index contributed by atoms with van der Waals surface area (Å²) in [6.07, 6.45) is 5.35. The van der Waals surface area contributed by atoms with Crippen LogP contribution < -0.4 is 5.73 Å². The van der Waals surface area contributed by atoms with Crippen LogP contribution >= 0.6 is 0 Å². The predicted molar refractivity (Wildman–Crippen MR) is 81.0 cm³/mol. The summed E-state index contributed by atoms with van der Waals surface area (Å²) in [7, 11) is -0.862. The van der Waals surface area contributed by atoms with E-state index in [1.165, 1.54) is 12.8 Å². The van der Waals surface area contributed by atoms with Crippen LogP contribution in [0.2, 0.25) is 0 Å². The highest BCUT2D eigenvalue weighted by atomic mass is 32.2. The zero-order valence-corrected chi connectivity index (χ0v) is 13.5. The average molecular weight is 290 g/mol. The van der Waals surface area contributed by atoms with E-state index in [9.17, 15) is 8.42 Å². The summed E-state index contributed by atoms with van der Waals surface area (Å²) in [4.78, 5) is 2.20. The standard InChI is InChI=1S/C14H30N2O2S/c1-4-9-19(17,18)10-8-16(3)14(12-15)7-5-6-13(2)11-14/h13H,4-12,15H2,1-3H3. The lowest BCUT2D eigenvalue weighted by atomic mass is 9.75. The Balaban J connectivity index is 2.61. The van der Waals surface area contributed by atoms with Crippen molar-refractivity contribution in [3.63, 3.8) is 0 Å². The van der Waals surface area contributed by atoms with Crippen LogP contribution in [0.3, 0.4) is 0 Å². The molecule has 0 bridgehead atoms. The third kappa shape index (κ3) is 4.72. The second kappa shape index (κ2) is 7.04. The van der Waals surface area contributed by atoms with Crippen LogP contribution in [0.15, 0.2) is 0 Å². The molecule has 1 fully saturated rings. The van der Waals surface area contributed by atoms with Crippen LogP contribution in [0.25, 0.3) is 0 Å². The van der Waals surface area contributed by atoms with E-state index in [1.807, 2.05) is 14.0 Å². The number of hydrogen-bond acceptors (Lipinski definition) is 4. The molecule has 2 unspecified atom stereocenters. The highest BCUT2D eigenvalue weighted by Crippen LogP contribution is 2.35. The molecule has 1 aliphatic carbocycles. The van der Waals surface area contributed by atoms with Gasteiger partial charge in [-0.25, -0.2) is 8.42 Å². The number of sulfone groups is 1. The Morgan fingerprint density at radius 2 is 2.05 bits per heavy atom. The van der Waals surface area contributed by atoms with Gasteiger partial charge in [0.25, 0.3) is 0 Å². The van der Waals surface area contributed by atoms with Crippen LogP contribution in [0, 0.1) is 5.92 Å². The predicted octanol–water partition coefficient (Wildman–Crippen LogP) is 1.65. The van der Waals surface area contributed by atoms with Gasteiger partial charge in [0.05, 0.1) is 5.75 Å². The van der Waals surface area contributed by atoms with Gasteiger partial charge in [0.2, 0.25) is 0 Å². The topological polar surface area (TPSA) is 63.4 Å². The van der Waals surface area contributed by atoms with Crippen molar-refractivity contribution in [1.82, 2.24) is 4.90 Å². The first kappa shape index (κ1) is 16.9. The van der Waals surface area contributed by atoms with Gasteiger partial charge in [-0.05, 0) is 32.2 Å². The molecular formula is C14H30N2O2S. The Kier molecular flexibility index (Phi) is 6.27. The Hall–Kier alpha value is -0.130. The van der Waals surface area contributed by atoms with Crippen LogP contribution in [-0.2, 0) is 9.84 Å². The van der Waals surface area contributed by atoms with Gasteiger partial charge < -0.3 is 5.73 Å². The molecule has 0 aliphatic heterocycles. The van der Waals surface area contributed by atoms with Gasteiger partial charge in [-0.3, -0.25) is 4.90 Å². The second-order valence-corrected chi connectivity index (χ2v) is 8.51. The molecule has 2 atom stereocenters. The molecule has 2 N–H and O–H groups in total. The first-order chi connectivity index (χ1) is 8.85. The number of rotatable bonds is 7. The van der Waals surface area contributed by atoms with Crippen LogP contribution in [-0.4, -0.2) is 50.5 Å². The van der Waals surface area contributed by atoms with E-state index in [-0.39, 0.29) is 11.3 Å². The van der Waals surface area contributed by atoms with E-state index in [0.29, 0.717) is 31.2 Å². The monoisotopic (exact) mass is 290 g/mol. The lowest BCUT2D eigenvalue weighted by molar-refractivity contribution is 0.0669. The maximum atomic E-state index is 11.8. The number of likely N-dealkylation sites (N-methyl/N-ethyl adjacent to an activating group) is 1. The summed E-state index contributed by atoms with van der Waals surface area (Å²) in [5.74, 6) is 1.24. The zero-order valence-electron chi connectivity index (χ0n) is 12.7. The second-order valence-electron chi connectivity index (χ2n) is 6.20. The van der Waals surface area contributed by atoms with Crippen molar-refractivity contribution < 1.29 is 8.42 Å². The first-order valence-corrected chi connectivity index (χ1v) is 9.29. The van der Waals surface area contributed by atoms with Crippen molar-refractivity contribution in [1.29, 1.82) is 0 Å². The van der Waals surface area contributed by atoms with Gasteiger partial charge >= 0.3 is 0 Å². The maximum absolute atomic E-state index is 11.8. The van der Waals surface area contributed by atoms with Gasteiger partial charge in [-0.1, -0.05) is 26.7 Å². The quantitative estimate of drug-likeness (QED) is 0.774. The average Bonchev–Trinajstić information content (AvgIpc) is 2.35. The third-order valence-electron chi connectivity index (χ3n) is 4.51.